The minimum Gasteiger partial charge on any atom is -0.508 e. The van der Waals surface area contributed by atoms with Crippen molar-refractivity contribution in [3.8, 4) is 5.75 Å². The molecule has 1 aliphatic heterocycles. The van der Waals surface area contributed by atoms with Crippen LogP contribution in [0.15, 0.2) is 54.6 Å². The standard InChI is InChI=1S/C29H38N6O6/c1-18(2)12-23(27(31)39)33-29(41)24(14-19-6-4-3-5-7-19)35-17-34(16-26(35)38)25(37)15-32-28(40)22(30)13-20-8-10-21(36)11-9-20/h3-11,18,22-24,36H,12-17,30H2,1-2H3,(H2,31,39)(H,32,40)(H,33,41)/t22-,23-,24-/m0/s1. The summed E-state index contributed by atoms with van der Waals surface area (Å²) in [6.07, 6.45) is 0.707. The van der Waals surface area contributed by atoms with Crippen LogP contribution in [0.2, 0.25) is 0 Å². The van der Waals surface area contributed by atoms with Crippen LogP contribution in [-0.2, 0) is 36.8 Å². The highest BCUT2D eigenvalue weighted by Crippen LogP contribution is 2.17. The van der Waals surface area contributed by atoms with Crippen LogP contribution in [0.3, 0.4) is 0 Å². The number of aromatic hydroxyl groups is 1. The zero-order chi connectivity index (χ0) is 30.1. The molecule has 0 radical (unpaired) electrons. The van der Waals surface area contributed by atoms with Gasteiger partial charge in [-0.2, -0.15) is 0 Å². The number of carbonyl (C=O) groups is 5. The van der Waals surface area contributed by atoms with Crippen LogP contribution in [0.4, 0.5) is 0 Å². The number of amides is 5. The van der Waals surface area contributed by atoms with Crippen LogP contribution < -0.4 is 22.1 Å². The average molecular weight is 567 g/mol. The second-order valence-corrected chi connectivity index (χ2v) is 10.6. The van der Waals surface area contributed by atoms with Crippen molar-refractivity contribution >= 4 is 29.5 Å². The number of nitrogens with zero attached hydrogens (tertiary/aromatic N) is 2. The van der Waals surface area contributed by atoms with E-state index in [0.29, 0.717) is 6.42 Å². The van der Waals surface area contributed by atoms with Crippen molar-refractivity contribution in [1.29, 1.82) is 0 Å². The summed E-state index contributed by atoms with van der Waals surface area (Å²) < 4.78 is 0. The number of rotatable bonds is 13. The molecule has 1 saturated heterocycles. The number of nitrogens with one attached hydrogen (secondary N) is 2. The SMILES string of the molecule is CC(C)C[C@H](NC(=O)[C@H](Cc1ccccc1)N1CN(C(=O)CNC(=O)[C@@H](N)Cc2ccc(O)cc2)CC1=O)C(N)=O. The summed E-state index contributed by atoms with van der Waals surface area (Å²) >= 11 is 0. The van der Waals surface area contributed by atoms with E-state index in [9.17, 15) is 29.1 Å². The fourth-order valence-corrected chi connectivity index (χ4v) is 4.56. The van der Waals surface area contributed by atoms with E-state index in [1.165, 1.54) is 21.9 Å². The number of phenolic OH excluding ortho intramolecular Hbond substituents is 1. The number of nitrogens with two attached hydrogens (primary N) is 2. The van der Waals surface area contributed by atoms with Crippen LogP contribution >= 0.6 is 0 Å². The summed E-state index contributed by atoms with van der Waals surface area (Å²) in [5, 5.41) is 14.6. The highest BCUT2D eigenvalue weighted by Gasteiger charge is 2.39. The molecule has 12 nitrogen and oxygen atoms in total. The number of hydrogen-bond donors (Lipinski definition) is 5. The Labute approximate surface area is 239 Å². The van der Waals surface area contributed by atoms with Crippen molar-refractivity contribution in [1.82, 2.24) is 20.4 Å². The third kappa shape index (κ3) is 9.04. The third-order valence-corrected chi connectivity index (χ3v) is 6.78. The number of hydrogen-bond acceptors (Lipinski definition) is 7. The molecule has 5 amide bonds. The minimum atomic E-state index is -0.995. The second kappa shape index (κ2) is 14.3. The lowest BCUT2D eigenvalue weighted by Gasteiger charge is -2.29. The van der Waals surface area contributed by atoms with E-state index in [0.717, 1.165) is 11.1 Å². The van der Waals surface area contributed by atoms with E-state index in [4.69, 9.17) is 11.5 Å². The predicted molar refractivity (Wildman–Crippen MR) is 151 cm³/mol. The van der Waals surface area contributed by atoms with Crippen molar-refractivity contribution < 1.29 is 29.1 Å². The maximum Gasteiger partial charge on any atom is 0.244 e. The van der Waals surface area contributed by atoms with E-state index >= 15 is 0 Å². The molecule has 41 heavy (non-hydrogen) atoms. The van der Waals surface area contributed by atoms with Gasteiger partial charge in [0.2, 0.25) is 29.5 Å². The summed E-state index contributed by atoms with van der Waals surface area (Å²) in [6, 6.07) is 12.5. The monoisotopic (exact) mass is 566 g/mol. The van der Waals surface area contributed by atoms with Gasteiger partial charge in [-0.1, -0.05) is 56.3 Å². The van der Waals surface area contributed by atoms with Crippen molar-refractivity contribution in [2.75, 3.05) is 19.8 Å². The summed E-state index contributed by atoms with van der Waals surface area (Å²) in [4.78, 5) is 66.4. The Balaban J connectivity index is 1.65. The molecule has 0 spiro atoms. The first-order valence-corrected chi connectivity index (χ1v) is 13.5. The molecule has 12 heteroatoms. The van der Waals surface area contributed by atoms with E-state index in [1.807, 2.05) is 44.2 Å². The van der Waals surface area contributed by atoms with Gasteiger partial charge in [-0.25, -0.2) is 0 Å². The van der Waals surface area contributed by atoms with Gasteiger partial charge in [-0.15, -0.1) is 0 Å². The second-order valence-electron chi connectivity index (χ2n) is 10.6. The smallest absolute Gasteiger partial charge is 0.244 e. The molecule has 220 valence electrons. The van der Waals surface area contributed by atoms with Gasteiger partial charge in [0.25, 0.3) is 0 Å². The topological polar surface area (TPSA) is 188 Å². The highest BCUT2D eigenvalue weighted by atomic mass is 16.3. The fraction of sp³-hybridized carbons (Fsp3) is 0.414. The van der Waals surface area contributed by atoms with Gasteiger partial charge < -0.3 is 37.0 Å². The molecule has 2 aromatic carbocycles. The fourth-order valence-electron chi connectivity index (χ4n) is 4.56. The summed E-state index contributed by atoms with van der Waals surface area (Å²) in [7, 11) is 0. The average Bonchev–Trinajstić information content (AvgIpc) is 3.32. The lowest BCUT2D eigenvalue weighted by Crippen LogP contribution is -2.55. The zero-order valence-electron chi connectivity index (χ0n) is 23.3. The van der Waals surface area contributed by atoms with Gasteiger partial charge in [0, 0.05) is 6.42 Å². The van der Waals surface area contributed by atoms with Gasteiger partial charge in [0.1, 0.15) is 24.4 Å². The van der Waals surface area contributed by atoms with Crippen molar-refractivity contribution in [3.63, 3.8) is 0 Å². The third-order valence-electron chi connectivity index (χ3n) is 6.78. The van der Waals surface area contributed by atoms with Gasteiger partial charge in [-0.05, 0) is 42.0 Å². The first kappa shape index (κ1) is 31.1. The Bertz CT molecular complexity index is 1240. The van der Waals surface area contributed by atoms with Gasteiger partial charge in [0.05, 0.1) is 19.3 Å². The molecular weight excluding hydrogens is 528 g/mol. The first-order valence-electron chi connectivity index (χ1n) is 13.5. The molecule has 7 N–H and O–H groups in total. The molecule has 0 saturated carbocycles. The summed E-state index contributed by atoms with van der Waals surface area (Å²) in [5.74, 6) is -2.53. The molecule has 1 aliphatic rings. The molecule has 2 aromatic rings. The van der Waals surface area contributed by atoms with Crippen LogP contribution in [0.1, 0.15) is 31.4 Å². The Morgan fingerprint density at radius 2 is 1.59 bits per heavy atom. The van der Waals surface area contributed by atoms with Gasteiger partial charge in [-0.3, -0.25) is 24.0 Å². The van der Waals surface area contributed by atoms with Crippen LogP contribution in [0.25, 0.3) is 0 Å². The lowest BCUT2D eigenvalue weighted by atomic mass is 10.0. The van der Waals surface area contributed by atoms with E-state index in [2.05, 4.69) is 10.6 Å². The Morgan fingerprint density at radius 3 is 2.20 bits per heavy atom. The van der Waals surface area contributed by atoms with Gasteiger partial charge >= 0.3 is 0 Å². The number of primary amides is 1. The Hall–Kier alpha value is -4.45. The Kier molecular flexibility index (Phi) is 10.8. The number of carbonyl (C=O) groups excluding carboxylic acids is 5. The molecule has 0 unspecified atom stereocenters. The number of benzene rings is 2. The molecule has 1 heterocycles. The van der Waals surface area contributed by atoms with Crippen LogP contribution in [0.5, 0.6) is 5.75 Å². The first-order chi connectivity index (χ1) is 19.4. The van der Waals surface area contributed by atoms with E-state index in [-0.39, 0.29) is 44.3 Å². The largest absolute Gasteiger partial charge is 0.508 e. The van der Waals surface area contributed by atoms with Crippen molar-refractivity contribution in [3.05, 3.63) is 65.7 Å². The molecule has 3 rings (SSSR count). The maximum atomic E-state index is 13.4. The van der Waals surface area contributed by atoms with E-state index in [1.54, 1.807) is 12.1 Å². The van der Waals surface area contributed by atoms with Crippen LogP contribution in [0, 0.1) is 5.92 Å². The molecule has 1 fully saturated rings. The summed E-state index contributed by atoms with van der Waals surface area (Å²) in [6.45, 7) is 2.99. The molecule has 3 atom stereocenters. The Morgan fingerprint density at radius 1 is 0.951 bits per heavy atom. The predicted octanol–water partition coefficient (Wildman–Crippen LogP) is -0.366. The quantitative estimate of drug-likeness (QED) is 0.219. The van der Waals surface area contributed by atoms with E-state index < -0.39 is 47.7 Å². The maximum absolute atomic E-state index is 13.4. The highest BCUT2D eigenvalue weighted by molar-refractivity contribution is 5.95. The molecule has 0 aromatic heterocycles. The lowest BCUT2D eigenvalue weighted by molar-refractivity contribution is -0.138. The van der Waals surface area contributed by atoms with Crippen LogP contribution in [-0.4, -0.2) is 82.3 Å². The normalized spacial score (nSPS) is 15.4. The zero-order valence-corrected chi connectivity index (χ0v) is 23.3. The summed E-state index contributed by atoms with van der Waals surface area (Å²) in [5.41, 5.74) is 13.0. The van der Waals surface area contributed by atoms with Crippen molar-refractivity contribution in [2.24, 2.45) is 17.4 Å². The molecular formula is C29H38N6O6. The molecule has 0 aliphatic carbocycles. The number of phenols is 1. The molecule has 0 bridgehead atoms. The van der Waals surface area contributed by atoms with Crippen molar-refractivity contribution in [2.45, 2.75) is 51.2 Å². The minimum absolute atomic E-state index is 0.0892. The van der Waals surface area contributed by atoms with Gasteiger partial charge in [0.15, 0.2) is 0 Å².